The fourth-order valence-electron chi connectivity index (χ4n) is 1.92. The van der Waals surface area contributed by atoms with Crippen molar-refractivity contribution in [3.8, 4) is 5.75 Å². The van der Waals surface area contributed by atoms with Gasteiger partial charge in [0.1, 0.15) is 0 Å². The molecule has 2 rings (SSSR count). The molecule has 1 aliphatic rings. The smallest absolute Gasteiger partial charge is 0.311 e. The highest BCUT2D eigenvalue weighted by molar-refractivity contribution is 5.77. The molecule has 1 aromatic rings. The molecule has 1 saturated carbocycles. The van der Waals surface area contributed by atoms with Crippen LogP contribution in [0.2, 0.25) is 0 Å². The Morgan fingerprint density at radius 2 is 2.25 bits per heavy atom. The minimum atomic E-state index is -0.882. The second-order valence-electron chi connectivity index (χ2n) is 4.05. The number of rotatable bonds is 4. The van der Waals surface area contributed by atoms with Crippen molar-refractivity contribution in [3.05, 3.63) is 29.6 Å². The van der Waals surface area contributed by atoms with E-state index in [4.69, 9.17) is 9.84 Å². The first-order valence-corrected chi connectivity index (χ1v) is 5.19. The van der Waals surface area contributed by atoms with Crippen LogP contribution < -0.4 is 4.74 Å². The molecule has 0 bridgehead atoms. The maximum absolute atomic E-state index is 13.4. The summed E-state index contributed by atoms with van der Waals surface area (Å²) in [5, 5.41) is 9.10. The maximum Gasteiger partial charge on any atom is 0.311 e. The van der Waals surface area contributed by atoms with Gasteiger partial charge in [0.25, 0.3) is 0 Å². The van der Waals surface area contributed by atoms with Crippen LogP contribution >= 0.6 is 0 Å². The Balaban J connectivity index is 2.31. The number of ether oxygens (including phenoxy) is 1. The topological polar surface area (TPSA) is 46.5 Å². The lowest BCUT2D eigenvalue weighted by molar-refractivity contribution is -0.139. The van der Waals surface area contributed by atoms with Crippen molar-refractivity contribution in [2.45, 2.75) is 18.8 Å². The highest BCUT2D eigenvalue weighted by Crippen LogP contribution is 2.43. The van der Waals surface area contributed by atoms with Crippen molar-refractivity contribution in [2.24, 2.45) is 5.92 Å². The van der Waals surface area contributed by atoms with E-state index in [1.807, 2.05) is 0 Å². The molecule has 1 aliphatic carbocycles. The van der Waals surface area contributed by atoms with Crippen molar-refractivity contribution >= 4 is 5.97 Å². The molecule has 0 heterocycles. The molecule has 1 aromatic carbocycles. The average Bonchev–Trinajstić information content (AvgIpc) is 3.02. The number of carbonyl (C=O) groups is 1. The van der Waals surface area contributed by atoms with E-state index < -0.39 is 17.7 Å². The summed E-state index contributed by atoms with van der Waals surface area (Å²) in [6.07, 6.45) is 1.81. The maximum atomic E-state index is 13.4. The Morgan fingerprint density at radius 1 is 1.56 bits per heavy atom. The number of hydrogen-bond donors (Lipinski definition) is 1. The zero-order chi connectivity index (χ0) is 11.7. The van der Waals surface area contributed by atoms with Gasteiger partial charge >= 0.3 is 5.97 Å². The van der Waals surface area contributed by atoms with Gasteiger partial charge in [-0.2, -0.15) is 0 Å². The molecular weight excluding hydrogens is 211 g/mol. The van der Waals surface area contributed by atoms with Crippen LogP contribution in [0.25, 0.3) is 0 Å². The van der Waals surface area contributed by atoms with E-state index in [1.54, 1.807) is 6.07 Å². The second kappa shape index (κ2) is 4.12. The molecule has 0 saturated heterocycles. The monoisotopic (exact) mass is 224 g/mol. The standard InChI is InChI=1S/C12H13FO3/c1-16-10-5-4-8(6-9(10)13)11(12(14)15)7-2-3-7/h4-7,11H,2-3H2,1H3,(H,14,15). The summed E-state index contributed by atoms with van der Waals surface area (Å²) in [5.74, 6) is -1.67. The summed E-state index contributed by atoms with van der Waals surface area (Å²) in [6.45, 7) is 0. The van der Waals surface area contributed by atoms with Gasteiger partial charge in [0.05, 0.1) is 13.0 Å². The lowest BCUT2D eigenvalue weighted by Crippen LogP contribution is -2.13. The van der Waals surface area contributed by atoms with Gasteiger partial charge in [-0.05, 0) is 36.5 Å². The lowest BCUT2D eigenvalue weighted by Gasteiger charge is -2.12. The van der Waals surface area contributed by atoms with Gasteiger partial charge in [-0.3, -0.25) is 4.79 Å². The van der Waals surface area contributed by atoms with E-state index in [-0.39, 0.29) is 11.7 Å². The van der Waals surface area contributed by atoms with Crippen LogP contribution in [0.4, 0.5) is 4.39 Å². The fourth-order valence-corrected chi connectivity index (χ4v) is 1.92. The van der Waals surface area contributed by atoms with Crippen molar-refractivity contribution in [2.75, 3.05) is 7.11 Å². The largest absolute Gasteiger partial charge is 0.494 e. The Kier molecular flexibility index (Phi) is 2.81. The SMILES string of the molecule is COc1ccc(C(C(=O)O)C2CC2)cc1F. The van der Waals surface area contributed by atoms with Crippen LogP contribution in [0.5, 0.6) is 5.75 Å². The fraction of sp³-hybridized carbons (Fsp3) is 0.417. The third-order valence-corrected chi connectivity index (χ3v) is 2.89. The highest BCUT2D eigenvalue weighted by atomic mass is 19.1. The third-order valence-electron chi connectivity index (χ3n) is 2.89. The van der Waals surface area contributed by atoms with Crippen molar-refractivity contribution in [1.29, 1.82) is 0 Å². The van der Waals surface area contributed by atoms with Gasteiger partial charge in [0.15, 0.2) is 11.6 Å². The predicted octanol–water partition coefficient (Wildman–Crippen LogP) is 2.41. The number of benzene rings is 1. The first kappa shape index (κ1) is 10.9. The molecule has 1 N–H and O–H groups in total. The molecule has 3 nitrogen and oxygen atoms in total. The lowest BCUT2D eigenvalue weighted by atomic mass is 9.94. The van der Waals surface area contributed by atoms with Crippen molar-refractivity contribution in [3.63, 3.8) is 0 Å². The Bertz CT molecular complexity index is 413. The van der Waals surface area contributed by atoms with Gasteiger partial charge < -0.3 is 9.84 Å². The molecule has 0 aliphatic heterocycles. The molecule has 16 heavy (non-hydrogen) atoms. The highest BCUT2D eigenvalue weighted by Gasteiger charge is 2.37. The van der Waals surface area contributed by atoms with E-state index in [0.717, 1.165) is 12.8 Å². The molecule has 0 spiro atoms. The number of halogens is 1. The molecule has 4 heteroatoms. The molecule has 0 aromatic heterocycles. The predicted molar refractivity (Wildman–Crippen MR) is 56.1 cm³/mol. The molecule has 0 amide bonds. The minimum Gasteiger partial charge on any atom is -0.494 e. The Labute approximate surface area is 92.9 Å². The summed E-state index contributed by atoms with van der Waals surface area (Å²) >= 11 is 0. The summed E-state index contributed by atoms with van der Waals surface area (Å²) in [7, 11) is 1.38. The summed E-state index contributed by atoms with van der Waals surface area (Å²) < 4.78 is 18.2. The zero-order valence-electron chi connectivity index (χ0n) is 8.94. The molecule has 86 valence electrons. The molecule has 1 fully saturated rings. The van der Waals surface area contributed by atoms with Crippen LogP contribution in [-0.4, -0.2) is 18.2 Å². The van der Waals surface area contributed by atoms with Crippen molar-refractivity contribution < 1.29 is 19.0 Å². The van der Waals surface area contributed by atoms with E-state index >= 15 is 0 Å². The average molecular weight is 224 g/mol. The number of carboxylic acid groups (broad SMARTS) is 1. The Morgan fingerprint density at radius 3 is 2.69 bits per heavy atom. The third kappa shape index (κ3) is 2.01. The van der Waals surface area contributed by atoms with Gasteiger partial charge in [0, 0.05) is 0 Å². The van der Waals surface area contributed by atoms with Crippen molar-refractivity contribution in [1.82, 2.24) is 0 Å². The normalized spacial score (nSPS) is 16.9. The quantitative estimate of drug-likeness (QED) is 0.854. The van der Waals surface area contributed by atoms with Crippen LogP contribution in [0.1, 0.15) is 24.3 Å². The van der Waals surface area contributed by atoms with E-state index in [2.05, 4.69) is 0 Å². The number of methoxy groups -OCH3 is 1. The summed E-state index contributed by atoms with van der Waals surface area (Å²) in [6, 6.07) is 4.36. The second-order valence-corrected chi connectivity index (χ2v) is 4.05. The van der Waals surface area contributed by atoms with Crippen LogP contribution in [0.15, 0.2) is 18.2 Å². The van der Waals surface area contributed by atoms with Crippen LogP contribution in [0.3, 0.4) is 0 Å². The van der Waals surface area contributed by atoms with Gasteiger partial charge in [-0.1, -0.05) is 6.07 Å². The summed E-state index contributed by atoms with van der Waals surface area (Å²) in [4.78, 5) is 11.1. The first-order valence-electron chi connectivity index (χ1n) is 5.19. The van der Waals surface area contributed by atoms with E-state index in [9.17, 15) is 9.18 Å². The van der Waals surface area contributed by atoms with Gasteiger partial charge in [-0.15, -0.1) is 0 Å². The van der Waals surface area contributed by atoms with Gasteiger partial charge in [0.2, 0.25) is 0 Å². The molecule has 0 radical (unpaired) electrons. The zero-order valence-corrected chi connectivity index (χ0v) is 8.94. The van der Waals surface area contributed by atoms with E-state index in [0.29, 0.717) is 5.56 Å². The Hall–Kier alpha value is -1.58. The van der Waals surface area contributed by atoms with Crippen LogP contribution in [-0.2, 0) is 4.79 Å². The van der Waals surface area contributed by atoms with E-state index in [1.165, 1.54) is 19.2 Å². The molecule has 1 unspecified atom stereocenters. The molecule has 1 atom stereocenters. The van der Waals surface area contributed by atoms with Crippen LogP contribution in [0, 0.1) is 11.7 Å². The van der Waals surface area contributed by atoms with Gasteiger partial charge in [-0.25, -0.2) is 4.39 Å². The number of aliphatic carboxylic acids is 1. The minimum absolute atomic E-state index is 0.142. The first-order chi connectivity index (χ1) is 7.63. The number of hydrogen-bond acceptors (Lipinski definition) is 2. The number of carboxylic acids is 1. The summed E-state index contributed by atoms with van der Waals surface area (Å²) in [5.41, 5.74) is 0.522. The molecular formula is C12H13FO3.